The van der Waals surface area contributed by atoms with Crippen LogP contribution in [-0.2, 0) is 16.6 Å². The number of allylic oxidation sites excluding steroid dienone is 1. The highest BCUT2D eigenvalue weighted by Crippen LogP contribution is 2.25. The van der Waals surface area contributed by atoms with E-state index in [1.165, 1.54) is 36.3 Å². The predicted octanol–water partition coefficient (Wildman–Crippen LogP) is 3.79. The molecular weight excluding hydrogens is 418 g/mol. The minimum absolute atomic E-state index is 0.00517. The average molecular weight is 444 g/mol. The van der Waals surface area contributed by atoms with Gasteiger partial charge in [-0.1, -0.05) is 29.8 Å². The van der Waals surface area contributed by atoms with Crippen molar-refractivity contribution < 1.29 is 18.1 Å². The molecule has 0 radical (unpaired) electrons. The number of sulfonamides is 1. The molecule has 0 aliphatic heterocycles. The van der Waals surface area contributed by atoms with Crippen LogP contribution in [0.2, 0.25) is 0 Å². The molecule has 1 aliphatic rings. The molecule has 0 saturated carbocycles. The molecule has 1 aliphatic carbocycles. The molecule has 0 heterocycles. The Labute approximate surface area is 181 Å². The summed E-state index contributed by atoms with van der Waals surface area (Å²) in [6.07, 6.45) is 7.64. The van der Waals surface area contributed by atoms with Gasteiger partial charge in [-0.2, -0.15) is 0 Å². The highest BCUT2D eigenvalue weighted by atomic mass is 32.2. The summed E-state index contributed by atoms with van der Waals surface area (Å²) < 4.78 is 25.7. The Hall–Kier alpha value is -3.20. The second-order valence-electron chi connectivity index (χ2n) is 7.53. The summed E-state index contributed by atoms with van der Waals surface area (Å²) in [6, 6.07) is 12.1. The minimum Gasteiger partial charge on any atom is -0.348 e. The van der Waals surface area contributed by atoms with Gasteiger partial charge in [-0.05, 0) is 49.4 Å². The van der Waals surface area contributed by atoms with Crippen molar-refractivity contribution in [1.29, 1.82) is 0 Å². The summed E-state index contributed by atoms with van der Waals surface area (Å²) >= 11 is 0. The number of carbonyl (C=O) groups excluding carboxylic acids is 1. The molecule has 0 atom stereocenters. The van der Waals surface area contributed by atoms with Crippen LogP contribution in [0.1, 0.15) is 41.6 Å². The van der Waals surface area contributed by atoms with E-state index in [0.717, 1.165) is 29.8 Å². The van der Waals surface area contributed by atoms with Gasteiger partial charge in [0.1, 0.15) is 0 Å². The van der Waals surface area contributed by atoms with E-state index >= 15 is 0 Å². The first kappa shape index (κ1) is 22.5. The maximum absolute atomic E-state index is 12.4. The Morgan fingerprint density at radius 3 is 2.52 bits per heavy atom. The molecule has 3 rings (SSSR count). The van der Waals surface area contributed by atoms with Crippen molar-refractivity contribution in [3.8, 4) is 0 Å². The van der Waals surface area contributed by atoms with E-state index in [4.69, 9.17) is 0 Å². The van der Waals surface area contributed by atoms with Crippen molar-refractivity contribution in [3.63, 3.8) is 0 Å². The molecule has 0 aromatic heterocycles. The number of amides is 1. The smallest absolute Gasteiger partial charge is 0.271 e. The molecule has 0 spiro atoms. The number of hydrogen-bond acceptors (Lipinski definition) is 5. The van der Waals surface area contributed by atoms with Crippen molar-refractivity contribution in [1.82, 2.24) is 5.32 Å². The van der Waals surface area contributed by atoms with Gasteiger partial charge < -0.3 is 5.32 Å². The van der Waals surface area contributed by atoms with Crippen LogP contribution in [0.15, 0.2) is 60.2 Å². The van der Waals surface area contributed by atoms with Crippen LogP contribution in [0.25, 0.3) is 0 Å². The van der Waals surface area contributed by atoms with Gasteiger partial charge in [0.05, 0.1) is 23.4 Å². The van der Waals surface area contributed by atoms with Gasteiger partial charge in [0.2, 0.25) is 10.0 Å². The van der Waals surface area contributed by atoms with Gasteiger partial charge in [0, 0.05) is 24.2 Å². The van der Waals surface area contributed by atoms with E-state index in [2.05, 4.69) is 11.4 Å². The van der Waals surface area contributed by atoms with Crippen molar-refractivity contribution in [2.75, 3.05) is 17.1 Å². The van der Waals surface area contributed by atoms with E-state index in [1.807, 2.05) is 0 Å². The number of nitro benzene ring substituents is 1. The number of non-ortho nitro benzene ring substituents is 1. The maximum atomic E-state index is 12.4. The largest absolute Gasteiger partial charge is 0.348 e. The van der Waals surface area contributed by atoms with Crippen LogP contribution < -0.4 is 9.62 Å². The molecule has 1 N–H and O–H groups in total. The number of nitrogens with zero attached hydrogens (tertiary/aromatic N) is 2. The monoisotopic (exact) mass is 443 g/mol. The molecule has 0 saturated heterocycles. The number of carbonyl (C=O) groups is 1. The van der Waals surface area contributed by atoms with E-state index < -0.39 is 14.9 Å². The van der Waals surface area contributed by atoms with Gasteiger partial charge >= 0.3 is 0 Å². The Bertz CT molecular complexity index is 1090. The molecule has 31 heavy (non-hydrogen) atoms. The van der Waals surface area contributed by atoms with Crippen LogP contribution in [0.4, 0.5) is 11.4 Å². The highest BCUT2D eigenvalue weighted by Gasteiger charge is 2.20. The molecule has 164 valence electrons. The lowest BCUT2D eigenvalue weighted by molar-refractivity contribution is -0.384. The number of benzene rings is 2. The third-order valence-corrected chi connectivity index (χ3v) is 6.27. The van der Waals surface area contributed by atoms with Gasteiger partial charge in [-0.3, -0.25) is 19.2 Å². The highest BCUT2D eigenvalue weighted by molar-refractivity contribution is 7.92. The maximum Gasteiger partial charge on any atom is 0.271 e. The zero-order valence-corrected chi connectivity index (χ0v) is 18.1. The molecule has 2 aromatic carbocycles. The van der Waals surface area contributed by atoms with Crippen LogP contribution >= 0.6 is 0 Å². The fraction of sp³-hybridized carbons (Fsp3) is 0.318. The summed E-state index contributed by atoms with van der Waals surface area (Å²) in [4.78, 5) is 22.9. The lowest BCUT2D eigenvalue weighted by atomic mass is 9.99. The standard InChI is InChI=1S/C22H25N3O5S/c1-31(29,30)24(20-8-5-9-21(14-20)25(27)28)16-18-10-12-19(13-11-18)22(26)23-15-17-6-3-2-4-7-17/h5-6,8-14H,2-4,7,15-16H2,1H3,(H,23,26). The number of nitrogens with one attached hydrogen (secondary N) is 1. The summed E-state index contributed by atoms with van der Waals surface area (Å²) in [7, 11) is -3.68. The summed E-state index contributed by atoms with van der Waals surface area (Å²) in [5.74, 6) is -0.184. The number of hydrogen-bond donors (Lipinski definition) is 1. The second kappa shape index (κ2) is 9.74. The third kappa shape index (κ3) is 6.14. The van der Waals surface area contributed by atoms with Crippen molar-refractivity contribution in [3.05, 3.63) is 81.4 Å². The van der Waals surface area contributed by atoms with Crippen molar-refractivity contribution in [2.45, 2.75) is 32.2 Å². The van der Waals surface area contributed by atoms with Crippen LogP contribution in [-0.4, -0.2) is 32.0 Å². The lowest BCUT2D eigenvalue weighted by Crippen LogP contribution is -2.29. The number of nitro groups is 1. The fourth-order valence-corrected chi connectivity index (χ4v) is 4.33. The summed E-state index contributed by atoms with van der Waals surface area (Å²) in [5.41, 5.74) is 2.41. The topological polar surface area (TPSA) is 110 Å². The van der Waals surface area contributed by atoms with Gasteiger partial charge in [-0.25, -0.2) is 8.42 Å². The zero-order valence-electron chi connectivity index (χ0n) is 17.3. The predicted molar refractivity (Wildman–Crippen MR) is 119 cm³/mol. The summed E-state index contributed by atoms with van der Waals surface area (Å²) in [5, 5.41) is 14.0. The molecule has 9 heteroatoms. The van der Waals surface area contributed by atoms with Crippen LogP contribution in [0.3, 0.4) is 0 Å². The van der Waals surface area contributed by atoms with Crippen molar-refractivity contribution >= 4 is 27.3 Å². The minimum atomic E-state index is -3.68. The lowest BCUT2D eigenvalue weighted by Gasteiger charge is -2.22. The Morgan fingerprint density at radius 2 is 1.90 bits per heavy atom. The van der Waals surface area contributed by atoms with E-state index in [0.29, 0.717) is 17.7 Å². The molecular formula is C22H25N3O5S. The van der Waals surface area contributed by atoms with E-state index in [-0.39, 0.29) is 23.8 Å². The SMILES string of the molecule is CS(=O)(=O)N(Cc1ccc(C(=O)NCC2=CCCCC2)cc1)c1cccc([N+](=O)[O-])c1. The van der Waals surface area contributed by atoms with Crippen LogP contribution in [0.5, 0.6) is 0 Å². The van der Waals surface area contributed by atoms with Crippen molar-refractivity contribution in [2.24, 2.45) is 0 Å². The van der Waals surface area contributed by atoms with E-state index in [9.17, 15) is 23.3 Å². The third-order valence-electron chi connectivity index (χ3n) is 5.13. The zero-order chi connectivity index (χ0) is 22.4. The Kier molecular flexibility index (Phi) is 7.06. The van der Waals surface area contributed by atoms with Gasteiger partial charge in [0.15, 0.2) is 0 Å². The fourth-order valence-electron chi connectivity index (χ4n) is 3.45. The number of anilines is 1. The second-order valence-corrected chi connectivity index (χ2v) is 9.44. The first-order valence-electron chi connectivity index (χ1n) is 10.0. The summed E-state index contributed by atoms with van der Waals surface area (Å²) in [6.45, 7) is 0.532. The Balaban J connectivity index is 1.71. The molecule has 2 aromatic rings. The van der Waals surface area contributed by atoms with Crippen LogP contribution in [0, 0.1) is 10.1 Å². The molecule has 1 amide bonds. The molecule has 0 unspecified atom stereocenters. The first-order chi connectivity index (χ1) is 14.7. The van der Waals surface area contributed by atoms with Gasteiger partial charge in [-0.15, -0.1) is 0 Å². The average Bonchev–Trinajstić information content (AvgIpc) is 2.76. The van der Waals surface area contributed by atoms with Gasteiger partial charge in [0.25, 0.3) is 11.6 Å². The molecule has 8 nitrogen and oxygen atoms in total. The normalized spacial score (nSPS) is 13.9. The first-order valence-corrected chi connectivity index (χ1v) is 11.9. The number of rotatable bonds is 8. The Morgan fingerprint density at radius 1 is 1.16 bits per heavy atom. The van der Waals surface area contributed by atoms with E-state index in [1.54, 1.807) is 24.3 Å². The molecule has 0 fully saturated rings. The quantitative estimate of drug-likeness (QED) is 0.379. The molecule has 0 bridgehead atoms.